The molecule has 3 aromatic heterocycles. The fourth-order valence-corrected chi connectivity index (χ4v) is 2.73. The van der Waals surface area contributed by atoms with E-state index < -0.39 is 0 Å². The van der Waals surface area contributed by atoms with Gasteiger partial charge in [0, 0.05) is 29.5 Å². The van der Waals surface area contributed by atoms with E-state index in [-0.39, 0.29) is 0 Å². The molecule has 5 heteroatoms. The summed E-state index contributed by atoms with van der Waals surface area (Å²) in [5.74, 6) is 0.634. The van der Waals surface area contributed by atoms with Crippen molar-refractivity contribution in [2.75, 3.05) is 0 Å². The van der Waals surface area contributed by atoms with E-state index in [1.807, 2.05) is 19.1 Å². The zero-order valence-electron chi connectivity index (χ0n) is 9.62. The molecule has 3 aromatic rings. The van der Waals surface area contributed by atoms with Gasteiger partial charge >= 0.3 is 0 Å². The average molecular weight is 255 g/mol. The van der Waals surface area contributed by atoms with Gasteiger partial charge in [0.25, 0.3) is 0 Å². The molecule has 0 saturated heterocycles. The quantitative estimate of drug-likeness (QED) is 0.661. The molecule has 0 atom stereocenters. The maximum absolute atomic E-state index is 10.9. The Balaban J connectivity index is 2.20. The second kappa shape index (κ2) is 4.27. The molecule has 3 rings (SSSR count). The average Bonchev–Trinajstić information content (AvgIpc) is 2.76. The summed E-state index contributed by atoms with van der Waals surface area (Å²) in [6.45, 7) is 1.91. The van der Waals surface area contributed by atoms with Crippen molar-refractivity contribution in [1.82, 2.24) is 15.0 Å². The normalized spacial score (nSPS) is 10.7. The number of hydrogen-bond donors (Lipinski definition) is 0. The number of rotatable bonds is 2. The Bertz CT molecular complexity index is 722. The topological polar surface area (TPSA) is 55.7 Å². The van der Waals surface area contributed by atoms with Gasteiger partial charge in [-0.2, -0.15) is 0 Å². The summed E-state index contributed by atoms with van der Waals surface area (Å²) in [6, 6.07) is 3.76. The predicted molar refractivity (Wildman–Crippen MR) is 70.8 cm³/mol. The molecule has 3 heterocycles. The molecule has 0 aliphatic heterocycles. The molecule has 88 valence electrons. The molecule has 0 radical (unpaired) electrons. The van der Waals surface area contributed by atoms with Gasteiger partial charge in [0.05, 0.1) is 4.88 Å². The number of carbonyl (C=O) groups is 1. The minimum absolute atomic E-state index is 0.634. The molecule has 0 N–H and O–H groups in total. The van der Waals surface area contributed by atoms with E-state index in [1.165, 1.54) is 11.3 Å². The lowest BCUT2D eigenvalue weighted by molar-refractivity contribution is 0.112. The van der Waals surface area contributed by atoms with Crippen LogP contribution in [0.1, 0.15) is 15.2 Å². The molecule has 0 aliphatic carbocycles. The SMILES string of the molecule is Cc1c(C=O)sc2nc(-c3cccnc3)ncc12. The van der Waals surface area contributed by atoms with Crippen molar-refractivity contribution in [2.24, 2.45) is 0 Å². The van der Waals surface area contributed by atoms with Crippen molar-refractivity contribution >= 4 is 27.8 Å². The Morgan fingerprint density at radius 1 is 1.33 bits per heavy atom. The van der Waals surface area contributed by atoms with Crippen LogP contribution in [0.3, 0.4) is 0 Å². The summed E-state index contributed by atoms with van der Waals surface area (Å²) >= 11 is 1.39. The highest BCUT2D eigenvalue weighted by atomic mass is 32.1. The number of thiophene rings is 1. The van der Waals surface area contributed by atoms with Crippen LogP contribution in [-0.4, -0.2) is 21.2 Å². The number of nitrogens with zero attached hydrogens (tertiary/aromatic N) is 3. The monoisotopic (exact) mass is 255 g/mol. The summed E-state index contributed by atoms with van der Waals surface area (Å²) in [5, 5.41) is 0.940. The van der Waals surface area contributed by atoms with Gasteiger partial charge in [-0.1, -0.05) is 0 Å². The van der Waals surface area contributed by atoms with E-state index in [0.717, 1.165) is 27.6 Å². The third kappa shape index (κ3) is 1.69. The van der Waals surface area contributed by atoms with Crippen LogP contribution in [0, 0.1) is 6.92 Å². The van der Waals surface area contributed by atoms with E-state index in [4.69, 9.17) is 0 Å². The number of aldehydes is 1. The first-order valence-corrected chi connectivity index (χ1v) is 6.23. The van der Waals surface area contributed by atoms with Crippen molar-refractivity contribution in [2.45, 2.75) is 6.92 Å². The molecule has 0 aliphatic rings. The van der Waals surface area contributed by atoms with Gasteiger partial charge in [-0.25, -0.2) is 9.97 Å². The number of aryl methyl sites for hydroxylation is 1. The van der Waals surface area contributed by atoms with E-state index in [0.29, 0.717) is 10.7 Å². The van der Waals surface area contributed by atoms with Crippen LogP contribution in [0.5, 0.6) is 0 Å². The van der Waals surface area contributed by atoms with Crippen LogP contribution in [0.25, 0.3) is 21.6 Å². The predicted octanol–water partition coefficient (Wildman–Crippen LogP) is 2.87. The molecule has 0 amide bonds. The lowest BCUT2D eigenvalue weighted by Gasteiger charge is -1.98. The molecule has 0 bridgehead atoms. The van der Waals surface area contributed by atoms with Gasteiger partial charge < -0.3 is 0 Å². The van der Waals surface area contributed by atoms with Crippen LogP contribution >= 0.6 is 11.3 Å². The van der Waals surface area contributed by atoms with Crippen molar-refractivity contribution in [3.8, 4) is 11.4 Å². The minimum atomic E-state index is 0.634. The number of fused-ring (bicyclic) bond motifs is 1. The maximum Gasteiger partial charge on any atom is 0.162 e. The summed E-state index contributed by atoms with van der Waals surface area (Å²) in [6.07, 6.45) is 6.07. The number of aromatic nitrogens is 3. The standard InChI is InChI=1S/C13H9N3OS/c1-8-10-6-15-12(9-3-2-4-14-5-9)16-13(10)18-11(8)7-17/h2-7H,1H3. The van der Waals surface area contributed by atoms with Gasteiger partial charge in [-0.3, -0.25) is 9.78 Å². The van der Waals surface area contributed by atoms with E-state index in [9.17, 15) is 4.79 Å². The summed E-state index contributed by atoms with van der Waals surface area (Å²) in [5.41, 5.74) is 1.82. The van der Waals surface area contributed by atoms with Gasteiger partial charge in [0.15, 0.2) is 12.1 Å². The third-order valence-electron chi connectivity index (χ3n) is 2.76. The minimum Gasteiger partial charge on any atom is -0.297 e. The Morgan fingerprint density at radius 2 is 2.22 bits per heavy atom. The van der Waals surface area contributed by atoms with Crippen LogP contribution in [0.2, 0.25) is 0 Å². The molecular weight excluding hydrogens is 246 g/mol. The zero-order valence-corrected chi connectivity index (χ0v) is 10.4. The van der Waals surface area contributed by atoms with Crippen molar-refractivity contribution in [1.29, 1.82) is 0 Å². The zero-order chi connectivity index (χ0) is 12.5. The van der Waals surface area contributed by atoms with E-state index in [1.54, 1.807) is 18.6 Å². The largest absolute Gasteiger partial charge is 0.297 e. The fraction of sp³-hybridized carbons (Fsp3) is 0.0769. The van der Waals surface area contributed by atoms with Crippen LogP contribution < -0.4 is 0 Å². The van der Waals surface area contributed by atoms with Crippen LogP contribution in [-0.2, 0) is 0 Å². The molecule has 0 fully saturated rings. The first-order valence-electron chi connectivity index (χ1n) is 5.41. The molecule has 0 saturated carbocycles. The van der Waals surface area contributed by atoms with Gasteiger partial charge in [0.1, 0.15) is 4.83 Å². The second-order valence-corrected chi connectivity index (χ2v) is 4.89. The molecule has 18 heavy (non-hydrogen) atoms. The number of carbonyl (C=O) groups excluding carboxylic acids is 1. The first-order chi connectivity index (χ1) is 8.79. The molecule has 4 nitrogen and oxygen atoms in total. The van der Waals surface area contributed by atoms with Crippen molar-refractivity contribution in [3.63, 3.8) is 0 Å². The van der Waals surface area contributed by atoms with Gasteiger partial charge in [0.2, 0.25) is 0 Å². The van der Waals surface area contributed by atoms with Crippen LogP contribution in [0.4, 0.5) is 0 Å². The highest BCUT2D eigenvalue weighted by Crippen LogP contribution is 2.29. The molecular formula is C13H9N3OS. The van der Waals surface area contributed by atoms with Crippen molar-refractivity contribution in [3.05, 3.63) is 41.2 Å². The van der Waals surface area contributed by atoms with E-state index >= 15 is 0 Å². The highest BCUT2D eigenvalue weighted by Gasteiger charge is 2.11. The highest BCUT2D eigenvalue weighted by molar-refractivity contribution is 7.20. The molecule has 0 spiro atoms. The Hall–Kier alpha value is -2.14. The van der Waals surface area contributed by atoms with Gasteiger partial charge in [-0.15, -0.1) is 11.3 Å². The summed E-state index contributed by atoms with van der Waals surface area (Å²) in [7, 11) is 0. The van der Waals surface area contributed by atoms with Crippen molar-refractivity contribution < 1.29 is 4.79 Å². The second-order valence-electron chi connectivity index (χ2n) is 3.86. The third-order valence-corrected chi connectivity index (χ3v) is 3.89. The fourth-order valence-electron chi connectivity index (χ4n) is 1.76. The Morgan fingerprint density at radius 3 is 2.94 bits per heavy atom. The number of hydrogen-bond acceptors (Lipinski definition) is 5. The first kappa shape index (κ1) is 11.0. The maximum atomic E-state index is 10.9. The Kier molecular flexibility index (Phi) is 2.60. The van der Waals surface area contributed by atoms with E-state index in [2.05, 4.69) is 15.0 Å². The summed E-state index contributed by atoms with van der Waals surface area (Å²) < 4.78 is 0. The molecule has 0 aromatic carbocycles. The molecule has 0 unspecified atom stereocenters. The van der Waals surface area contributed by atoms with Gasteiger partial charge in [-0.05, 0) is 24.6 Å². The summed E-state index contributed by atoms with van der Waals surface area (Å²) in [4.78, 5) is 25.3. The lowest BCUT2D eigenvalue weighted by atomic mass is 10.2. The smallest absolute Gasteiger partial charge is 0.162 e. The lowest BCUT2D eigenvalue weighted by Crippen LogP contribution is -1.88. The van der Waals surface area contributed by atoms with Crippen LogP contribution in [0.15, 0.2) is 30.7 Å². The number of pyridine rings is 1. The Labute approximate surface area is 107 Å².